The monoisotopic (exact) mass is 805 g/mol. The van der Waals surface area contributed by atoms with Crippen molar-refractivity contribution in [2.75, 3.05) is 19.8 Å². The number of phosphoric acid groups is 1. The summed E-state index contributed by atoms with van der Waals surface area (Å²) in [6, 6.07) is -1.56. The van der Waals surface area contributed by atoms with Gasteiger partial charge in [-0.25, -0.2) is 9.36 Å². The molecule has 0 bridgehead atoms. The molecule has 12 heteroatoms. The highest BCUT2D eigenvalue weighted by molar-refractivity contribution is 7.47. The van der Waals surface area contributed by atoms with Gasteiger partial charge in [0, 0.05) is 6.42 Å². The van der Waals surface area contributed by atoms with Gasteiger partial charge in [-0.2, -0.15) is 0 Å². The molecule has 0 aromatic carbocycles. The number of hydrogen-bond donors (Lipinski definition) is 4. The standard InChI is InChI=1S/C44H72NO10P/c1-3-5-7-9-11-13-15-16-17-18-19-20-21-22-23-24-26-28-30-32-34-36-43(48)53-37-40(46)38-54-56(51,52)55-39-41(44(49)50)45-42(47)35-33-31-29-27-25-14-12-10-8-6-4-2/h5,7,11,13,16-17,19-20,22-23,26,28,32,34,40-41,46H,3-4,6,8-10,12,14-15,18,21,24-25,27,29-31,33,35-39H2,1-2H3,(H,45,47)(H,49,50)(H,51,52)/b7-5-,13-11-,17-16-,20-19-,23-22-,28-26-,34-32-. The number of aliphatic hydroxyl groups is 1. The topological polar surface area (TPSA) is 169 Å². The Morgan fingerprint density at radius 3 is 1.45 bits per heavy atom. The van der Waals surface area contributed by atoms with Gasteiger partial charge in [-0.1, -0.05) is 163 Å². The van der Waals surface area contributed by atoms with Crippen LogP contribution in [0.5, 0.6) is 0 Å². The van der Waals surface area contributed by atoms with Crippen molar-refractivity contribution in [3.8, 4) is 0 Å². The van der Waals surface area contributed by atoms with E-state index in [1.807, 2.05) is 18.2 Å². The van der Waals surface area contributed by atoms with Crippen molar-refractivity contribution in [1.82, 2.24) is 5.32 Å². The molecule has 0 aliphatic carbocycles. The number of amides is 1. The van der Waals surface area contributed by atoms with Crippen molar-refractivity contribution >= 4 is 25.7 Å². The summed E-state index contributed by atoms with van der Waals surface area (Å²) in [5.74, 6) is -2.53. The van der Waals surface area contributed by atoms with Gasteiger partial charge in [0.1, 0.15) is 12.7 Å². The third kappa shape index (κ3) is 37.6. The molecule has 0 fully saturated rings. The van der Waals surface area contributed by atoms with E-state index in [9.17, 15) is 34.1 Å². The normalized spacial score (nSPS) is 14.6. The Balaban J connectivity index is 4.06. The minimum atomic E-state index is -4.78. The van der Waals surface area contributed by atoms with E-state index in [2.05, 4.69) is 79.9 Å². The van der Waals surface area contributed by atoms with Gasteiger partial charge in [0.2, 0.25) is 5.91 Å². The summed E-state index contributed by atoms with van der Waals surface area (Å²) < 4.78 is 26.7. The van der Waals surface area contributed by atoms with E-state index in [0.29, 0.717) is 12.8 Å². The number of carbonyl (C=O) groups is 3. The molecule has 3 unspecified atom stereocenters. The third-order valence-electron chi connectivity index (χ3n) is 8.23. The average Bonchev–Trinajstić information content (AvgIpc) is 3.17. The Kier molecular flexibility index (Phi) is 36.2. The molecule has 56 heavy (non-hydrogen) atoms. The van der Waals surface area contributed by atoms with Crippen LogP contribution in [-0.2, 0) is 32.7 Å². The highest BCUT2D eigenvalue weighted by Crippen LogP contribution is 2.43. The van der Waals surface area contributed by atoms with E-state index in [-0.39, 0.29) is 12.8 Å². The first kappa shape index (κ1) is 52.7. The van der Waals surface area contributed by atoms with E-state index >= 15 is 0 Å². The number of aliphatic hydroxyl groups excluding tert-OH is 1. The number of unbranched alkanes of at least 4 members (excludes halogenated alkanes) is 10. The number of hydrogen-bond acceptors (Lipinski definition) is 8. The Bertz CT molecular complexity index is 1270. The first-order valence-electron chi connectivity index (χ1n) is 20.6. The quantitative estimate of drug-likeness (QED) is 0.0205. The van der Waals surface area contributed by atoms with Gasteiger partial charge in [-0.15, -0.1) is 0 Å². The summed E-state index contributed by atoms with van der Waals surface area (Å²) in [6.45, 7) is 2.33. The Morgan fingerprint density at radius 1 is 0.589 bits per heavy atom. The molecule has 0 aliphatic heterocycles. The number of nitrogens with one attached hydrogen (secondary N) is 1. The second-order valence-electron chi connectivity index (χ2n) is 13.5. The van der Waals surface area contributed by atoms with Crippen LogP contribution in [0.1, 0.15) is 142 Å². The maximum atomic E-state index is 12.2. The fourth-order valence-corrected chi connectivity index (χ4v) is 5.82. The fraction of sp³-hybridized carbons (Fsp3) is 0.614. The van der Waals surface area contributed by atoms with E-state index in [1.54, 1.807) is 6.08 Å². The van der Waals surface area contributed by atoms with Gasteiger partial charge in [-0.05, 0) is 51.4 Å². The Hall–Kier alpha value is -3.34. The lowest BCUT2D eigenvalue weighted by molar-refractivity contribution is -0.146. The molecule has 3 atom stereocenters. The zero-order valence-corrected chi connectivity index (χ0v) is 35.0. The van der Waals surface area contributed by atoms with Gasteiger partial charge in [0.25, 0.3) is 0 Å². The van der Waals surface area contributed by atoms with Crippen LogP contribution in [0.2, 0.25) is 0 Å². The van der Waals surface area contributed by atoms with Crippen LogP contribution in [0.4, 0.5) is 0 Å². The molecule has 4 N–H and O–H groups in total. The second kappa shape index (κ2) is 38.5. The number of carboxylic acid groups (broad SMARTS) is 1. The van der Waals surface area contributed by atoms with Gasteiger partial charge >= 0.3 is 19.8 Å². The lowest BCUT2D eigenvalue weighted by Gasteiger charge is -2.18. The number of carbonyl (C=O) groups excluding carboxylic acids is 2. The minimum Gasteiger partial charge on any atom is -0.480 e. The molecule has 0 aromatic heterocycles. The maximum Gasteiger partial charge on any atom is 0.472 e. The smallest absolute Gasteiger partial charge is 0.472 e. The maximum absolute atomic E-state index is 12.2. The van der Waals surface area contributed by atoms with Crippen LogP contribution in [0, 0.1) is 0 Å². The molecule has 0 rings (SSSR count). The van der Waals surface area contributed by atoms with Crippen LogP contribution >= 0.6 is 7.82 Å². The van der Waals surface area contributed by atoms with Crippen molar-refractivity contribution in [2.24, 2.45) is 0 Å². The van der Waals surface area contributed by atoms with Crippen LogP contribution in [0.15, 0.2) is 85.1 Å². The van der Waals surface area contributed by atoms with Gasteiger partial charge in [0.05, 0.1) is 19.6 Å². The molecule has 0 saturated carbocycles. The predicted octanol–water partition coefficient (Wildman–Crippen LogP) is 10.3. The Labute approximate surface area is 337 Å². The number of esters is 1. The zero-order chi connectivity index (χ0) is 41.4. The molecule has 0 spiro atoms. The first-order chi connectivity index (χ1) is 27.1. The lowest BCUT2D eigenvalue weighted by Crippen LogP contribution is -2.43. The molecule has 0 radical (unpaired) electrons. The molecule has 318 valence electrons. The van der Waals surface area contributed by atoms with Crippen molar-refractivity contribution in [3.05, 3.63) is 85.1 Å². The van der Waals surface area contributed by atoms with Gasteiger partial charge in [-0.3, -0.25) is 18.6 Å². The number of allylic oxidation sites excluding steroid dienone is 13. The molecule has 0 saturated heterocycles. The second-order valence-corrected chi connectivity index (χ2v) is 14.9. The van der Waals surface area contributed by atoms with Crippen molar-refractivity contribution in [1.29, 1.82) is 0 Å². The molecular weight excluding hydrogens is 733 g/mol. The van der Waals surface area contributed by atoms with E-state index in [0.717, 1.165) is 57.8 Å². The summed E-state index contributed by atoms with van der Waals surface area (Å²) in [5.41, 5.74) is 0. The van der Waals surface area contributed by atoms with Crippen LogP contribution in [-0.4, -0.2) is 64.9 Å². The summed E-state index contributed by atoms with van der Waals surface area (Å²) in [7, 11) is -4.78. The van der Waals surface area contributed by atoms with Crippen molar-refractivity contribution < 1.29 is 47.8 Å². The van der Waals surface area contributed by atoms with Crippen LogP contribution in [0.25, 0.3) is 0 Å². The third-order valence-corrected chi connectivity index (χ3v) is 9.18. The number of carboxylic acids is 1. The first-order valence-corrected chi connectivity index (χ1v) is 22.1. The SMILES string of the molecule is CC/C=C\C/C=C\C/C=C\C/C=C\C/C=C\C/C=C\C/C=C\CC(=O)OCC(O)COP(=O)(O)OCC(NC(=O)CCCCCCCCCCCCC)C(=O)O. The highest BCUT2D eigenvalue weighted by atomic mass is 31.2. The molecule has 0 aliphatic rings. The molecule has 0 heterocycles. The molecule has 1 amide bonds. The van der Waals surface area contributed by atoms with Crippen LogP contribution < -0.4 is 5.32 Å². The van der Waals surface area contributed by atoms with Gasteiger partial charge in [0.15, 0.2) is 6.04 Å². The molecule has 0 aromatic rings. The highest BCUT2D eigenvalue weighted by Gasteiger charge is 2.28. The van der Waals surface area contributed by atoms with E-state index < -0.39 is 57.6 Å². The number of rotatable bonds is 37. The average molecular weight is 806 g/mol. The summed E-state index contributed by atoms with van der Waals surface area (Å²) in [4.78, 5) is 45.7. The molecular formula is C44H72NO10P. The van der Waals surface area contributed by atoms with Gasteiger partial charge < -0.3 is 25.2 Å². The van der Waals surface area contributed by atoms with E-state index in [4.69, 9.17) is 13.8 Å². The fourth-order valence-electron chi connectivity index (χ4n) is 5.05. The predicted molar refractivity (Wildman–Crippen MR) is 226 cm³/mol. The Morgan fingerprint density at radius 2 is 1.00 bits per heavy atom. The summed E-state index contributed by atoms with van der Waals surface area (Å²) in [6.07, 6.45) is 46.4. The lowest BCUT2D eigenvalue weighted by atomic mass is 10.1. The number of ether oxygens (including phenoxy) is 1. The largest absolute Gasteiger partial charge is 0.480 e. The number of phosphoric ester groups is 1. The van der Waals surface area contributed by atoms with Crippen LogP contribution in [0.3, 0.4) is 0 Å². The summed E-state index contributed by atoms with van der Waals surface area (Å²) in [5, 5.41) is 21.7. The zero-order valence-electron chi connectivity index (χ0n) is 34.1. The summed E-state index contributed by atoms with van der Waals surface area (Å²) >= 11 is 0. The number of aliphatic carboxylic acids is 1. The minimum absolute atomic E-state index is 0.0145. The van der Waals surface area contributed by atoms with Crippen molar-refractivity contribution in [3.63, 3.8) is 0 Å². The van der Waals surface area contributed by atoms with Crippen molar-refractivity contribution in [2.45, 2.75) is 154 Å². The van der Waals surface area contributed by atoms with E-state index in [1.165, 1.54) is 44.9 Å². The molecule has 11 nitrogen and oxygen atoms in total.